The van der Waals surface area contributed by atoms with E-state index in [1.54, 1.807) is 0 Å². The zero-order chi connectivity index (χ0) is 23.9. The van der Waals surface area contributed by atoms with Gasteiger partial charge in [-0.15, -0.1) is 0 Å². The lowest BCUT2D eigenvalue weighted by atomic mass is 9.87. The van der Waals surface area contributed by atoms with Crippen LogP contribution in [-0.4, -0.2) is 11.8 Å². The fraction of sp³-hybridized carbons (Fsp3) is 0.214. The normalized spacial score (nSPS) is 14.3. The minimum absolute atomic E-state index is 0.000903. The number of halogens is 1. The lowest BCUT2D eigenvalue weighted by molar-refractivity contribution is -0.120. The standard InChI is InChI=1S/C28H27FN2O2/c1-17-6-7-19(16-18(17)2)24-25(30-22-12-8-20(9-13-22)28(3,4)5)27(33)31(26(24)32)23-14-10-21(29)11-15-23/h6-16,30H,1-5H3. The van der Waals surface area contributed by atoms with Crippen molar-refractivity contribution in [2.75, 3.05) is 10.2 Å². The van der Waals surface area contributed by atoms with Crippen LogP contribution in [-0.2, 0) is 15.0 Å². The molecule has 5 heteroatoms. The Morgan fingerprint density at radius 3 is 2.00 bits per heavy atom. The van der Waals surface area contributed by atoms with E-state index in [4.69, 9.17) is 0 Å². The molecule has 2 amide bonds. The zero-order valence-corrected chi connectivity index (χ0v) is 19.5. The highest BCUT2D eigenvalue weighted by Gasteiger charge is 2.40. The highest BCUT2D eigenvalue weighted by atomic mass is 19.1. The van der Waals surface area contributed by atoms with Crippen molar-refractivity contribution in [3.63, 3.8) is 0 Å². The number of carbonyl (C=O) groups excluding carboxylic acids is 2. The monoisotopic (exact) mass is 442 g/mol. The number of aryl methyl sites for hydroxylation is 2. The Kier molecular flexibility index (Phi) is 5.66. The summed E-state index contributed by atoms with van der Waals surface area (Å²) in [5.41, 5.74) is 5.49. The van der Waals surface area contributed by atoms with Gasteiger partial charge < -0.3 is 5.32 Å². The van der Waals surface area contributed by atoms with Crippen LogP contribution in [0.1, 0.15) is 43.0 Å². The number of imide groups is 1. The SMILES string of the molecule is Cc1ccc(C2=C(Nc3ccc(C(C)(C)C)cc3)C(=O)N(c3ccc(F)cc3)C2=O)cc1C. The van der Waals surface area contributed by atoms with Crippen molar-refractivity contribution in [1.29, 1.82) is 0 Å². The van der Waals surface area contributed by atoms with E-state index < -0.39 is 17.6 Å². The van der Waals surface area contributed by atoms with E-state index >= 15 is 0 Å². The minimum Gasteiger partial charge on any atom is -0.350 e. The van der Waals surface area contributed by atoms with Gasteiger partial charge in [-0.25, -0.2) is 9.29 Å². The fourth-order valence-corrected chi connectivity index (χ4v) is 3.83. The number of nitrogens with one attached hydrogen (secondary N) is 1. The van der Waals surface area contributed by atoms with Crippen LogP contribution in [0.25, 0.3) is 5.57 Å². The van der Waals surface area contributed by atoms with Gasteiger partial charge in [0.1, 0.15) is 11.5 Å². The van der Waals surface area contributed by atoms with Crippen molar-refractivity contribution < 1.29 is 14.0 Å². The molecule has 1 aliphatic heterocycles. The summed E-state index contributed by atoms with van der Waals surface area (Å²) in [5.74, 6) is -1.35. The molecule has 3 aromatic carbocycles. The summed E-state index contributed by atoms with van der Waals surface area (Å²) in [6.45, 7) is 10.4. The molecule has 0 fully saturated rings. The molecule has 0 spiro atoms. The van der Waals surface area contributed by atoms with Crippen molar-refractivity contribution in [2.45, 2.75) is 40.0 Å². The summed E-state index contributed by atoms with van der Waals surface area (Å²) in [5, 5.41) is 3.19. The average Bonchev–Trinajstić information content (AvgIpc) is 3.00. The summed E-state index contributed by atoms with van der Waals surface area (Å²) < 4.78 is 13.5. The number of benzene rings is 3. The predicted octanol–water partition coefficient (Wildman–Crippen LogP) is 6.14. The lowest BCUT2D eigenvalue weighted by Gasteiger charge is -2.19. The molecular weight excluding hydrogens is 415 g/mol. The van der Waals surface area contributed by atoms with Gasteiger partial charge >= 0.3 is 0 Å². The highest BCUT2D eigenvalue weighted by Crippen LogP contribution is 2.35. The van der Waals surface area contributed by atoms with Gasteiger partial charge in [-0.3, -0.25) is 9.59 Å². The van der Waals surface area contributed by atoms with Gasteiger partial charge in [0.2, 0.25) is 0 Å². The topological polar surface area (TPSA) is 49.4 Å². The molecule has 4 rings (SSSR count). The second-order valence-corrected chi connectivity index (χ2v) is 9.42. The third kappa shape index (κ3) is 4.31. The van der Waals surface area contributed by atoms with Gasteiger partial charge in [0.25, 0.3) is 11.8 Å². The molecule has 1 aliphatic rings. The highest BCUT2D eigenvalue weighted by molar-refractivity contribution is 6.46. The Hall–Kier alpha value is -3.73. The molecule has 4 nitrogen and oxygen atoms in total. The molecule has 168 valence electrons. The van der Waals surface area contributed by atoms with E-state index in [1.807, 2.05) is 56.3 Å². The Labute approximate surface area is 193 Å². The lowest BCUT2D eigenvalue weighted by Crippen LogP contribution is -2.32. The first-order chi connectivity index (χ1) is 15.6. The van der Waals surface area contributed by atoms with Crippen LogP contribution in [0.3, 0.4) is 0 Å². The fourth-order valence-electron chi connectivity index (χ4n) is 3.83. The molecule has 33 heavy (non-hydrogen) atoms. The van der Waals surface area contributed by atoms with E-state index in [0.717, 1.165) is 21.6 Å². The molecule has 0 atom stereocenters. The van der Waals surface area contributed by atoms with E-state index in [-0.39, 0.29) is 11.1 Å². The minimum atomic E-state index is -0.472. The van der Waals surface area contributed by atoms with E-state index in [2.05, 4.69) is 26.1 Å². The largest absolute Gasteiger partial charge is 0.350 e. The first kappa shape index (κ1) is 22.5. The van der Waals surface area contributed by atoms with Crippen LogP contribution in [0.2, 0.25) is 0 Å². The van der Waals surface area contributed by atoms with Crippen molar-refractivity contribution in [3.8, 4) is 0 Å². The van der Waals surface area contributed by atoms with Crippen LogP contribution in [0.15, 0.2) is 72.4 Å². The maximum atomic E-state index is 13.5. The van der Waals surface area contributed by atoms with Crippen LogP contribution in [0.4, 0.5) is 15.8 Å². The first-order valence-electron chi connectivity index (χ1n) is 10.9. The number of hydrogen-bond acceptors (Lipinski definition) is 3. The van der Waals surface area contributed by atoms with Gasteiger partial charge in [0, 0.05) is 5.69 Å². The summed E-state index contributed by atoms with van der Waals surface area (Å²) in [7, 11) is 0. The summed E-state index contributed by atoms with van der Waals surface area (Å²) in [4.78, 5) is 28.0. The molecule has 0 unspecified atom stereocenters. The Morgan fingerprint density at radius 2 is 1.42 bits per heavy atom. The van der Waals surface area contributed by atoms with Crippen molar-refractivity contribution in [3.05, 3.63) is 100 Å². The third-order valence-corrected chi connectivity index (χ3v) is 5.98. The zero-order valence-electron chi connectivity index (χ0n) is 19.5. The maximum Gasteiger partial charge on any atom is 0.282 e. The predicted molar refractivity (Wildman–Crippen MR) is 130 cm³/mol. The molecule has 0 aromatic heterocycles. The van der Waals surface area contributed by atoms with E-state index in [0.29, 0.717) is 22.5 Å². The number of hydrogen-bond donors (Lipinski definition) is 1. The summed E-state index contributed by atoms with van der Waals surface area (Å²) >= 11 is 0. The van der Waals surface area contributed by atoms with Gasteiger partial charge in [-0.2, -0.15) is 0 Å². The molecule has 0 bridgehead atoms. The summed E-state index contributed by atoms with van der Waals surface area (Å²) in [6, 6.07) is 18.9. The second kappa shape index (κ2) is 8.32. The molecule has 0 radical (unpaired) electrons. The molecule has 3 aromatic rings. The van der Waals surface area contributed by atoms with Crippen LogP contribution < -0.4 is 10.2 Å². The quantitative estimate of drug-likeness (QED) is 0.494. The third-order valence-electron chi connectivity index (χ3n) is 5.98. The summed E-state index contributed by atoms with van der Waals surface area (Å²) in [6.07, 6.45) is 0. The van der Waals surface area contributed by atoms with Crippen molar-refractivity contribution >= 4 is 28.8 Å². The van der Waals surface area contributed by atoms with Gasteiger partial charge in [-0.1, -0.05) is 51.1 Å². The van der Waals surface area contributed by atoms with E-state index in [1.165, 1.54) is 24.3 Å². The molecular formula is C28H27FN2O2. The average molecular weight is 443 g/mol. The van der Waals surface area contributed by atoms with Crippen LogP contribution >= 0.6 is 0 Å². The van der Waals surface area contributed by atoms with Gasteiger partial charge in [0.15, 0.2) is 0 Å². The molecule has 0 aliphatic carbocycles. The number of carbonyl (C=O) groups is 2. The molecule has 1 heterocycles. The Bertz CT molecular complexity index is 1270. The number of amides is 2. The molecule has 0 saturated heterocycles. The van der Waals surface area contributed by atoms with Crippen LogP contribution in [0.5, 0.6) is 0 Å². The number of anilines is 2. The second-order valence-electron chi connectivity index (χ2n) is 9.42. The Balaban J connectivity index is 1.79. The number of rotatable bonds is 4. The molecule has 0 saturated carbocycles. The maximum absolute atomic E-state index is 13.5. The van der Waals surface area contributed by atoms with Crippen molar-refractivity contribution in [1.82, 2.24) is 0 Å². The Morgan fingerprint density at radius 1 is 0.788 bits per heavy atom. The smallest absolute Gasteiger partial charge is 0.282 e. The number of nitrogens with zero attached hydrogens (tertiary/aromatic N) is 1. The van der Waals surface area contributed by atoms with Crippen molar-refractivity contribution in [2.24, 2.45) is 0 Å². The molecule has 1 N–H and O–H groups in total. The van der Waals surface area contributed by atoms with E-state index in [9.17, 15) is 14.0 Å². The van der Waals surface area contributed by atoms with Gasteiger partial charge in [-0.05, 0) is 77.9 Å². The van der Waals surface area contributed by atoms with Crippen LogP contribution in [0, 0.1) is 19.7 Å². The first-order valence-corrected chi connectivity index (χ1v) is 10.9. The van der Waals surface area contributed by atoms with Gasteiger partial charge in [0.05, 0.1) is 11.3 Å².